The summed E-state index contributed by atoms with van der Waals surface area (Å²) in [6.07, 6.45) is 66.6. The van der Waals surface area contributed by atoms with Crippen molar-refractivity contribution in [1.29, 1.82) is 0 Å². The van der Waals surface area contributed by atoms with Gasteiger partial charge in [0.05, 0.1) is 25.4 Å². The van der Waals surface area contributed by atoms with Gasteiger partial charge in [-0.05, 0) is 51.4 Å². The van der Waals surface area contributed by atoms with Crippen molar-refractivity contribution >= 4 is 5.91 Å². The third-order valence-corrected chi connectivity index (χ3v) is 15.7. The van der Waals surface area contributed by atoms with E-state index >= 15 is 0 Å². The number of hydrogen-bond acceptors (Lipinski definition) is 8. The number of rotatable bonds is 57. The summed E-state index contributed by atoms with van der Waals surface area (Å²) >= 11 is 0. The molecule has 9 nitrogen and oxygen atoms in total. The number of carbonyl (C=O) groups excluding carboxylic acids is 1. The van der Waals surface area contributed by atoms with Gasteiger partial charge in [0.1, 0.15) is 24.4 Å². The second-order valence-corrected chi connectivity index (χ2v) is 22.9. The van der Waals surface area contributed by atoms with E-state index < -0.39 is 49.5 Å². The number of aliphatic hydroxyl groups excluding tert-OH is 5. The Bertz CT molecular complexity index is 1270. The van der Waals surface area contributed by atoms with E-state index in [-0.39, 0.29) is 12.5 Å². The van der Waals surface area contributed by atoms with Crippen LogP contribution in [0.1, 0.15) is 322 Å². The van der Waals surface area contributed by atoms with E-state index in [2.05, 4.69) is 43.5 Å². The molecule has 9 heteroatoms. The average molecular weight is 1060 g/mol. The Morgan fingerprint density at radius 2 is 0.787 bits per heavy atom. The highest BCUT2D eigenvalue weighted by molar-refractivity contribution is 5.76. The normalized spacial score (nSPS) is 19.1. The van der Waals surface area contributed by atoms with Crippen LogP contribution in [-0.2, 0) is 14.3 Å². The van der Waals surface area contributed by atoms with Crippen LogP contribution in [0.4, 0.5) is 0 Å². The predicted octanol–water partition coefficient (Wildman–Crippen LogP) is 17.1. The van der Waals surface area contributed by atoms with E-state index in [0.29, 0.717) is 6.42 Å². The smallest absolute Gasteiger partial charge is 0.220 e. The molecule has 1 rings (SSSR count). The lowest BCUT2D eigenvalue weighted by atomic mass is 9.99. The first kappa shape index (κ1) is 71.4. The van der Waals surface area contributed by atoms with Gasteiger partial charge in [0, 0.05) is 6.42 Å². The van der Waals surface area contributed by atoms with Crippen LogP contribution in [0.5, 0.6) is 0 Å². The van der Waals surface area contributed by atoms with Gasteiger partial charge in [0.15, 0.2) is 6.29 Å². The monoisotopic (exact) mass is 1060 g/mol. The van der Waals surface area contributed by atoms with Gasteiger partial charge < -0.3 is 40.3 Å². The van der Waals surface area contributed by atoms with Crippen molar-refractivity contribution in [3.05, 3.63) is 36.5 Å². The molecule has 442 valence electrons. The van der Waals surface area contributed by atoms with Crippen LogP contribution in [-0.4, -0.2) is 87.5 Å². The van der Waals surface area contributed by atoms with Crippen LogP contribution >= 0.6 is 0 Å². The highest BCUT2D eigenvalue weighted by Gasteiger charge is 2.44. The molecule has 1 saturated heterocycles. The largest absolute Gasteiger partial charge is 0.394 e. The lowest BCUT2D eigenvalue weighted by Gasteiger charge is -2.40. The Balaban J connectivity index is 2.16. The van der Waals surface area contributed by atoms with Crippen LogP contribution < -0.4 is 5.32 Å². The van der Waals surface area contributed by atoms with Gasteiger partial charge in [-0.3, -0.25) is 4.79 Å². The first-order valence-corrected chi connectivity index (χ1v) is 32.7. The van der Waals surface area contributed by atoms with Crippen molar-refractivity contribution in [2.75, 3.05) is 13.2 Å². The molecule has 0 aromatic rings. The number of hydrogen-bond donors (Lipinski definition) is 6. The van der Waals surface area contributed by atoms with E-state index in [9.17, 15) is 30.3 Å². The second-order valence-electron chi connectivity index (χ2n) is 22.9. The summed E-state index contributed by atoms with van der Waals surface area (Å²) in [7, 11) is 0. The zero-order valence-electron chi connectivity index (χ0n) is 49.3. The molecule has 1 amide bonds. The van der Waals surface area contributed by atoms with Crippen LogP contribution in [0.15, 0.2) is 36.5 Å². The van der Waals surface area contributed by atoms with Gasteiger partial charge in [-0.25, -0.2) is 0 Å². The van der Waals surface area contributed by atoms with Crippen molar-refractivity contribution in [2.45, 2.75) is 365 Å². The molecule has 0 aromatic carbocycles. The van der Waals surface area contributed by atoms with Crippen LogP contribution in [0, 0.1) is 0 Å². The lowest BCUT2D eigenvalue weighted by molar-refractivity contribution is -0.302. The molecule has 0 radical (unpaired) electrons. The molecule has 1 aliphatic rings. The molecule has 1 heterocycles. The number of nitrogens with one attached hydrogen (secondary N) is 1. The molecule has 1 fully saturated rings. The summed E-state index contributed by atoms with van der Waals surface area (Å²) in [4.78, 5) is 13.1. The first-order chi connectivity index (χ1) is 36.8. The Morgan fingerprint density at radius 1 is 0.453 bits per heavy atom. The number of carbonyl (C=O) groups is 1. The molecular formula is C66H125NO8. The second kappa shape index (κ2) is 55.7. The maximum atomic E-state index is 13.1. The highest BCUT2D eigenvalue weighted by Crippen LogP contribution is 2.23. The number of unbranched alkanes of at least 4 members (excludes halogenated alkanes) is 43. The van der Waals surface area contributed by atoms with Gasteiger partial charge in [0.2, 0.25) is 5.91 Å². The minimum absolute atomic E-state index is 0.173. The van der Waals surface area contributed by atoms with E-state index in [1.54, 1.807) is 6.08 Å². The number of aliphatic hydroxyl groups is 5. The fraction of sp³-hybridized carbons (Fsp3) is 0.894. The molecule has 0 spiro atoms. The standard InChI is InChI=1S/C66H125NO8/c1-3-5-7-9-11-13-15-17-19-21-23-25-27-28-29-30-31-32-34-36-38-40-42-44-46-48-50-52-54-56-62(70)67-59(58-74-66-65(73)64(72)63(71)61(57-68)75-66)60(69)55-53-51-49-47-45-43-41-39-37-35-33-26-24-22-20-18-16-14-12-10-8-6-4-2/h23,25,28-29,53,55,59-61,63-66,68-69,71-73H,3-22,24,26-27,30-52,54,56-58H2,1-2H3,(H,67,70)/b25-23-,29-28-,55-53+. The Kier molecular flexibility index (Phi) is 53.1. The van der Waals surface area contributed by atoms with E-state index in [1.807, 2.05) is 6.08 Å². The minimum atomic E-state index is -1.57. The van der Waals surface area contributed by atoms with E-state index in [1.165, 1.54) is 257 Å². The Hall–Kier alpha value is -1.59. The van der Waals surface area contributed by atoms with Gasteiger partial charge >= 0.3 is 0 Å². The van der Waals surface area contributed by atoms with Crippen molar-refractivity contribution in [2.24, 2.45) is 0 Å². The first-order valence-electron chi connectivity index (χ1n) is 32.7. The molecule has 0 aliphatic carbocycles. The molecule has 1 aliphatic heterocycles. The zero-order valence-corrected chi connectivity index (χ0v) is 49.3. The van der Waals surface area contributed by atoms with Crippen molar-refractivity contribution in [3.8, 4) is 0 Å². The van der Waals surface area contributed by atoms with Gasteiger partial charge in [-0.15, -0.1) is 0 Å². The zero-order chi connectivity index (χ0) is 54.3. The molecule has 7 unspecified atom stereocenters. The fourth-order valence-corrected chi connectivity index (χ4v) is 10.5. The van der Waals surface area contributed by atoms with Crippen molar-refractivity contribution < 1.29 is 39.8 Å². The third-order valence-electron chi connectivity index (χ3n) is 15.7. The maximum absolute atomic E-state index is 13.1. The van der Waals surface area contributed by atoms with Crippen LogP contribution in [0.2, 0.25) is 0 Å². The molecule has 7 atom stereocenters. The summed E-state index contributed by atoms with van der Waals surface area (Å²) in [6.45, 7) is 3.82. The molecule has 0 bridgehead atoms. The highest BCUT2D eigenvalue weighted by atomic mass is 16.7. The average Bonchev–Trinajstić information content (AvgIpc) is 3.41. The maximum Gasteiger partial charge on any atom is 0.220 e. The fourth-order valence-electron chi connectivity index (χ4n) is 10.5. The molecule has 6 N–H and O–H groups in total. The molecular weight excluding hydrogens is 935 g/mol. The number of amides is 1. The number of ether oxygens (including phenoxy) is 2. The van der Waals surface area contributed by atoms with Gasteiger partial charge in [-0.2, -0.15) is 0 Å². The lowest BCUT2D eigenvalue weighted by Crippen LogP contribution is -2.60. The van der Waals surface area contributed by atoms with Crippen molar-refractivity contribution in [3.63, 3.8) is 0 Å². The van der Waals surface area contributed by atoms with E-state index in [0.717, 1.165) is 44.9 Å². The topological polar surface area (TPSA) is 149 Å². The summed E-state index contributed by atoms with van der Waals surface area (Å²) in [5, 5.41) is 54.7. The number of allylic oxidation sites excluding steroid dienone is 5. The van der Waals surface area contributed by atoms with Gasteiger partial charge in [0.25, 0.3) is 0 Å². The van der Waals surface area contributed by atoms with Crippen LogP contribution in [0.25, 0.3) is 0 Å². The Morgan fingerprint density at radius 3 is 1.15 bits per heavy atom. The van der Waals surface area contributed by atoms with Gasteiger partial charge in [-0.1, -0.05) is 301 Å². The van der Waals surface area contributed by atoms with Crippen LogP contribution in [0.3, 0.4) is 0 Å². The van der Waals surface area contributed by atoms with Crippen molar-refractivity contribution in [1.82, 2.24) is 5.32 Å². The third kappa shape index (κ3) is 44.9. The summed E-state index contributed by atoms with van der Waals surface area (Å²) in [6, 6.07) is -0.806. The molecule has 75 heavy (non-hydrogen) atoms. The summed E-state index contributed by atoms with van der Waals surface area (Å²) in [5.74, 6) is -0.173. The minimum Gasteiger partial charge on any atom is -0.394 e. The Labute approximate surface area is 463 Å². The summed E-state index contributed by atoms with van der Waals surface area (Å²) in [5.41, 5.74) is 0. The molecule has 0 aromatic heterocycles. The predicted molar refractivity (Wildman–Crippen MR) is 318 cm³/mol. The SMILES string of the molecule is CCCCCCCCCCC/C=C\C/C=C\CCCCCCCCCCCCCCCC(=O)NC(COC1OC(CO)C(O)C(O)C1O)C(O)/C=C/CCCCCCCCCCCCCCCCCCCCCCC. The quantitative estimate of drug-likeness (QED) is 0.0261. The summed E-state index contributed by atoms with van der Waals surface area (Å²) < 4.78 is 11.3. The molecule has 0 saturated carbocycles. The van der Waals surface area contributed by atoms with E-state index in [4.69, 9.17) is 9.47 Å².